The highest BCUT2D eigenvalue weighted by atomic mass is 16.7. The van der Waals surface area contributed by atoms with E-state index < -0.39 is 6.04 Å². The summed E-state index contributed by atoms with van der Waals surface area (Å²) < 4.78 is 10.7. The topological polar surface area (TPSA) is 64.6 Å². The molecule has 0 unspecified atom stereocenters. The van der Waals surface area contributed by atoms with E-state index in [9.17, 15) is 9.59 Å². The SMILES string of the molecule is O=C[C@@H]1CCCCOCOCc2ccccc2C(=O)N1. The molecular weight excluding hydrogens is 258 g/mol. The van der Waals surface area contributed by atoms with E-state index in [1.54, 1.807) is 12.1 Å². The standard InChI is InChI=1S/C15H19NO4/c17-9-13-6-3-4-8-19-11-20-10-12-5-1-2-7-14(12)15(18)16-13/h1-2,5,7,9,13H,3-4,6,8,10-11H2,(H,16,18)/t13-/m0/s1. The van der Waals surface area contributed by atoms with Crippen molar-refractivity contribution in [3.05, 3.63) is 35.4 Å². The minimum Gasteiger partial charge on any atom is -0.355 e. The molecule has 0 saturated heterocycles. The first-order valence-electron chi connectivity index (χ1n) is 6.81. The van der Waals surface area contributed by atoms with E-state index in [1.165, 1.54) is 0 Å². The Hall–Kier alpha value is -1.72. The first-order valence-corrected chi connectivity index (χ1v) is 6.81. The first kappa shape index (κ1) is 14.7. The Morgan fingerprint density at radius 2 is 2.05 bits per heavy atom. The van der Waals surface area contributed by atoms with Crippen LogP contribution in [0.15, 0.2) is 24.3 Å². The maximum absolute atomic E-state index is 12.2. The predicted molar refractivity (Wildman–Crippen MR) is 73.2 cm³/mol. The number of hydrogen-bond acceptors (Lipinski definition) is 4. The van der Waals surface area contributed by atoms with Crippen LogP contribution in [0.1, 0.15) is 35.2 Å². The molecular formula is C15H19NO4. The van der Waals surface area contributed by atoms with E-state index in [0.717, 1.165) is 24.7 Å². The number of hydrogen-bond donors (Lipinski definition) is 1. The van der Waals surface area contributed by atoms with Gasteiger partial charge in [0.2, 0.25) is 0 Å². The van der Waals surface area contributed by atoms with Gasteiger partial charge in [0.05, 0.1) is 12.6 Å². The van der Waals surface area contributed by atoms with Crippen molar-refractivity contribution in [2.45, 2.75) is 31.9 Å². The number of carbonyl (C=O) groups excluding carboxylic acids is 2. The minimum absolute atomic E-state index is 0.215. The molecule has 2 rings (SSSR count). The molecule has 108 valence electrons. The van der Waals surface area contributed by atoms with E-state index in [2.05, 4.69) is 5.32 Å². The zero-order valence-corrected chi connectivity index (χ0v) is 11.3. The molecule has 20 heavy (non-hydrogen) atoms. The number of benzene rings is 1. The number of carbonyl (C=O) groups is 2. The lowest BCUT2D eigenvalue weighted by molar-refractivity contribution is -0.109. The van der Waals surface area contributed by atoms with Gasteiger partial charge in [-0.15, -0.1) is 0 Å². The molecule has 1 aliphatic rings. The lowest BCUT2D eigenvalue weighted by atomic mass is 10.1. The summed E-state index contributed by atoms with van der Waals surface area (Å²) in [7, 11) is 0. The number of rotatable bonds is 1. The van der Waals surface area contributed by atoms with Crippen molar-refractivity contribution < 1.29 is 19.1 Å². The van der Waals surface area contributed by atoms with Crippen LogP contribution in [0.4, 0.5) is 0 Å². The summed E-state index contributed by atoms with van der Waals surface area (Å²) in [5, 5.41) is 2.76. The minimum atomic E-state index is -0.447. The van der Waals surface area contributed by atoms with Crippen molar-refractivity contribution in [3.63, 3.8) is 0 Å². The molecule has 1 atom stereocenters. The number of amides is 1. The van der Waals surface area contributed by atoms with Crippen LogP contribution in [-0.2, 0) is 20.9 Å². The van der Waals surface area contributed by atoms with Gasteiger partial charge in [0.15, 0.2) is 0 Å². The molecule has 0 fully saturated rings. The Morgan fingerprint density at radius 1 is 1.20 bits per heavy atom. The van der Waals surface area contributed by atoms with Gasteiger partial charge in [-0.05, 0) is 30.9 Å². The number of nitrogens with one attached hydrogen (secondary N) is 1. The third-order valence-corrected chi connectivity index (χ3v) is 3.22. The first-order chi connectivity index (χ1) is 9.81. The molecule has 1 amide bonds. The summed E-state index contributed by atoms with van der Waals surface area (Å²) in [4.78, 5) is 23.3. The lowest BCUT2D eigenvalue weighted by Gasteiger charge is -2.14. The van der Waals surface area contributed by atoms with Crippen molar-refractivity contribution in [2.24, 2.45) is 0 Å². The van der Waals surface area contributed by atoms with E-state index in [-0.39, 0.29) is 12.7 Å². The fourth-order valence-electron chi connectivity index (χ4n) is 2.13. The normalized spacial score (nSPS) is 21.6. The maximum Gasteiger partial charge on any atom is 0.252 e. The largest absolute Gasteiger partial charge is 0.355 e. The van der Waals surface area contributed by atoms with Gasteiger partial charge in [-0.25, -0.2) is 0 Å². The fraction of sp³-hybridized carbons (Fsp3) is 0.467. The highest BCUT2D eigenvalue weighted by Crippen LogP contribution is 2.12. The molecule has 1 N–H and O–H groups in total. The Balaban J connectivity index is 2.16. The van der Waals surface area contributed by atoms with Crippen LogP contribution in [0.5, 0.6) is 0 Å². The second-order valence-corrected chi connectivity index (χ2v) is 4.74. The summed E-state index contributed by atoms with van der Waals surface area (Å²) >= 11 is 0. The summed E-state index contributed by atoms with van der Waals surface area (Å²) in [6.07, 6.45) is 3.08. The number of fused-ring (bicyclic) bond motifs is 1. The van der Waals surface area contributed by atoms with Crippen LogP contribution >= 0.6 is 0 Å². The maximum atomic E-state index is 12.2. The van der Waals surface area contributed by atoms with Crippen LogP contribution < -0.4 is 5.32 Å². The van der Waals surface area contributed by atoms with Crippen molar-refractivity contribution >= 4 is 12.2 Å². The quantitative estimate of drug-likeness (QED) is 0.793. The molecule has 0 aromatic heterocycles. The Bertz CT molecular complexity index is 461. The lowest BCUT2D eigenvalue weighted by Crippen LogP contribution is -2.36. The van der Waals surface area contributed by atoms with Gasteiger partial charge in [-0.2, -0.15) is 0 Å². The molecule has 1 aliphatic heterocycles. The molecule has 0 radical (unpaired) electrons. The van der Waals surface area contributed by atoms with Crippen LogP contribution in [0.3, 0.4) is 0 Å². The molecule has 1 aromatic rings. The number of ether oxygens (including phenoxy) is 2. The molecule has 1 aromatic carbocycles. The average molecular weight is 277 g/mol. The Labute approximate surface area is 118 Å². The molecule has 5 heteroatoms. The molecule has 0 spiro atoms. The summed E-state index contributed by atoms with van der Waals surface area (Å²) in [5.41, 5.74) is 1.33. The summed E-state index contributed by atoms with van der Waals surface area (Å²) in [6.45, 7) is 1.13. The Kier molecular flexibility index (Phi) is 5.70. The summed E-state index contributed by atoms with van der Waals surface area (Å²) in [6, 6.07) is 6.77. The van der Waals surface area contributed by atoms with E-state index >= 15 is 0 Å². The molecule has 5 nitrogen and oxygen atoms in total. The van der Waals surface area contributed by atoms with Crippen molar-refractivity contribution in [3.8, 4) is 0 Å². The van der Waals surface area contributed by atoms with Gasteiger partial charge in [-0.1, -0.05) is 18.2 Å². The highest BCUT2D eigenvalue weighted by molar-refractivity contribution is 5.96. The molecule has 0 aliphatic carbocycles. The number of aldehydes is 1. The van der Waals surface area contributed by atoms with Crippen molar-refractivity contribution in [1.82, 2.24) is 5.32 Å². The van der Waals surface area contributed by atoms with Gasteiger partial charge in [-0.3, -0.25) is 4.79 Å². The zero-order chi connectivity index (χ0) is 14.2. The van der Waals surface area contributed by atoms with Crippen LogP contribution in [0.25, 0.3) is 0 Å². The van der Waals surface area contributed by atoms with E-state index in [0.29, 0.717) is 25.2 Å². The molecule has 1 heterocycles. The Morgan fingerprint density at radius 3 is 2.90 bits per heavy atom. The average Bonchev–Trinajstić information content (AvgIpc) is 2.49. The second-order valence-electron chi connectivity index (χ2n) is 4.74. The smallest absolute Gasteiger partial charge is 0.252 e. The van der Waals surface area contributed by atoms with Crippen molar-refractivity contribution in [1.29, 1.82) is 0 Å². The highest BCUT2D eigenvalue weighted by Gasteiger charge is 2.16. The van der Waals surface area contributed by atoms with Gasteiger partial charge in [0, 0.05) is 12.2 Å². The van der Waals surface area contributed by atoms with Crippen molar-refractivity contribution in [2.75, 3.05) is 13.4 Å². The predicted octanol–water partition coefficient (Wildman–Crippen LogP) is 1.66. The van der Waals surface area contributed by atoms with E-state index in [1.807, 2.05) is 12.1 Å². The third-order valence-electron chi connectivity index (χ3n) is 3.22. The zero-order valence-electron chi connectivity index (χ0n) is 11.3. The fourth-order valence-corrected chi connectivity index (χ4v) is 2.13. The monoisotopic (exact) mass is 277 g/mol. The molecule has 0 bridgehead atoms. The summed E-state index contributed by atoms with van der Waals surface area (Å²) in [5.74, 6) is -0.235. The van der Waals surface area contributed by atoms with Crippen LogP contribution in [-0.4, -0.2) is 31.6 Å². The van der Waals surface area contributed by atoms with Gasteiger partial charge >= 0.3 is 0 Å². The van der Waals surface area contributed by atoms with Crippen LogP contribution in [0.2, 0.25) is 0 Å². The van der Waals surface area contributed by atoms with Crippen LogP contribution in [0, 0.1) is 0 Å². The molecule has 0 saturated carbocycles. The van der Waals surface area contributed by atoms with E-state index in [4.69, 9.17) is 9.47 Å². The van der Waals surface area contributed by atoms with Gasteiger partial charge < -0.3 is 19.6 Å². The second kappa shape index (κ2) is 7.77. The third kappa shape index (κ3) is 4.15. The van der Waals surface area contributed by atoms with Gasteiger partial charge in [0.1, 0.15) is 13.1 Å². The van der Waals surface area contributed by atoms with Gasteiger partial charge in [0.25, 0.3) is 5.91 Å².